The molecule has 1 heterocycles. The number of anilines is 1. The van der Waals surface area contributed by atoms with Crippen LogP contribution < -0.4 is 9.64 Å². The minimum absolute atomic E-state index is 0.172. The van der Waals surface area contributed by atoms with E-state index in [0.29, 0.717) is 6.42 Å². The van der Waals surface area contributed by atoms with Gasteiger partial charge in [0.2, 0.25) is 0 Å². The molecule has 0 bridgehead atoms. The molecular formula is C13H17NO3. The molecule has 1 aromatic carbocycles. The first-order valence-electron chi connectivity index (χ1n) is 5.72. The topological polar surface area (TPSA) is 49.8 Å². The molecule has 4 heteroatoms. The number of hydrogen-bond acceptors (Lipinski definition) is 3. The molecule has 0 saturated heterocycles. The van der Waals surface area contributed by atoms with Gasteiger partial charge < -0.3 is 14.7 Å². The second-order valence-corrected chi connectivity index (χ2v) is 4.55. The largest absolute Gasteiger partial charge is 0.497 e. The number of carbonyl (C=O) groups is 1. The lowest BCUT2D eigenvalue weighted by Gasteiger charge is -2.28. The summed E-state index contributed by atoms with van der Waals surface area (Å²) in [7, 11) is 1.62. The number of carboxylic acid groups (broad SMARTS) is 1. The summed E-state index contributed by atoms with van der Waals surface area (Å²) in [6, 6.07) is 5.45. The maximum absolute atomic E-state index is 11.3. The van der Waals surface area contributed by atoms with Crippen LogP contribution in [0.25, 0.3) is 0 Å². The second kappa shape index (κ2) is 4.28. The highest BCUT2D eigenvalue weighted by Crippen LogP contribution is 2.36. The number of hydrogen-bond donors (Lipinski definition) is 1. The van der Waals surface area contributed by atoms with Crippen LogP contribution in [0.1, 0.15) is 19.4 Å². The van der Waals surface area contributed by atoms with Gasteiger partial charge in [0, 0.05) is 18.2 Å². The summed E-state index contributed by atoms with van der Waals surface area (Å²) in [6.45, 7) is 4.02. The molecule has 1 aromatic rings. The molecule has 1 N–H and O–H groups in total. The Hall–Kier alpha value is -1.71. The third-order valence-corrected chi connectivity index (χ3v) is 3.16. The quantitative estimate of drug-likeness (QED) is 0.869. The molecule has 92 valence electrons. The molecule has 1 atom stereocenters. The van der Waals surface area contributed by atoms with Crippen molar-refractivity contribution in [3.8, 4) is 5.75 Å². The number of benzene rings is 1. The molecule has 0 fully saturated rings. The van der Waals surface area contributed by atoms with Crippen molar-refractivity contribution in [3.05, 3.63) is 23.8 Å². The van der Waals surface area contributed by atoms with Crippen LogP contribution in [0.3, 0.4) is 0 Å². The van der Waals surface area contributed by atoms with Crippen molar-refractivity contribution < 1.29 is 14.6 Å². The predicted molar refractivity (Wildman–Crippen MR) is 65.7 cm³/mol. The average Bonchev–Trinajstić information content (AvgIpc) is 2.66. The van der Waals surface area contributed by atoms with Gasteiger partial charge in [-0.05, 0) is 37.6 Å². The fourth-order valence-electron chi connectivity index (χ4n) is 2.42. The van der Waals surface area contributed by atoms with Gasteiger partial charge in [0.05, 0.1) is 7.11 Å². The Bertz CT molecular complexity index is 442. The van der Waals surface area contributed by atoms with Gasteiger partial charge in [-0.3, -0.25) is 0 Å². The molecule has 0 aromatic heterocycles. The summed E-state index contributed by atoms with van der Waals surface area (Å²) in [6.07, 6.45) is 0.542. The maximum atomic E-state index is 11.3. The van der Waals surface area contributed by atoms with E-state index in [2.05, 4.69) is 0 Å². The third-order valence-electron chi connectivity index (χ3n) is 3.16. The minimum atomic E-state index is -0.770. The molecule has 0 saturated carbocycles. The van der Waals surface area contributed by atoms with Crippen LogP contribution in [0.2, 0.25) is 0 Å². The number of methoxy groups -OCH3 is 1. The zero-order chi connectivity index (χ0) is 12.6. The first kappa shape index (κ1) is 11.8. The monoisotopic (exact) mass is 235 g/mol. The van der Waals surface area contributed by atoms with Gasteiger partial charge in [-0.25, -0.2) is 4.79 Å². The lowest BCUT2D eigenvalue weighted by atomic mass is 10.1. The molecule has 0 spiro atoms. The highest BCUT2D eigenvalue weighted by molar-refractivity contribution is 5.83. The van der Waals surface area contributed by atoms with Gasteiger partial charge in [-0.2, -0.15) is 0 Å². The number of carboxylic acids is 1. The molecule has 0 aliphatic carbocycles. The number of aliphatic carboxylic acids is 1. The van der Waals surface area contributed by atoms with Crippen molar-refractivity contribution in [2.75, 3.05) is 12.0 Å². The highest BCUT2D eigenvalue weighted by atomic mass is 16.5. The van der Waals surface area contributed by atoms with Crippen LogP contribution in [0.4, 0.5) is 5.69 Å². The van der Waals surface area contributed by atoms with Gasteiger partial charge >= 0.3 is 5.97 Å². The Kier molecular flexibility index (Phi) is 2.96. The van der Waals surface area contributed by atoms with Crippen LogP contribution in [-0.2, 0) is 11.2 Å². The second-order valence-electron chi connectivity index (χ2n) is 4.55. The van der Waals surface area contributed by atoms with Crippen LogP contribution in [0.15, 0.2) is 18.2 Å². The minimum Gasteiger partial charge on any atom is -0.497 e. The summed E-state index contributed by atoms with van der Waals surface area (Å²) >= 11 is 0. The van der Waals surface area contributed by atoms with Gasteiger partial charge in [-0.15, -0.1) is 0 Å². The van der Waals surface area contributed by atoms with Crippen molar-refractivity contribution in [1.82, 2.24) is 0 Å². The molecule has 1 unspecified atom stereocenters. The number of fused-ring (bicyclic) bond motifs is 1. The van der Waals surface area contributed by atoms with Gasteiger partial charge in [-0.1, -0.05) is 0 Å². The van der Waals surface area contributed by atoms with E-state index in [1.165, 1.54) is 0 Å². The molecule has 0 amide bonds. The van der Waals surface area contributed by atoms with E-state index in [0.717, 1.165) is 17.0 Å². The van der Waals surface area contributed by atoms with Crippen LogP contribution >= 0.6 is 0 Å². The molecule has 0 radical (unpaired) electrons. The lowest BCUT2D eigenvalue weighted by Crippen LogP contribution is -2.42. The van der Waals surface area contributed by atoms with E-state index < -0.39 is 12.0 Å². The van der Waals surface area contributed by atoms with Gasteiger partial charge in [0.25, 0.3) is 0 Å². The Labute approximate surface area is 101 Å². The highest BCUT2D eigenvalue weighted by Gasteiger charge is 2.35. The number of nitrogens with zero attached hydrogens (tertiary/aromatic N) is 1. The normalized spacial score (nSPS) is 18.4. The summed E-state index contributed by atoms with van der Waals surface area (Å²) in [5.41, 5.74) is 2.05. The fraction of sp³-hybridized carbons (Fsp3) is 0.462. The Morgan fingerprint density at radius 2 is 2.24 bits per heavy atom. The molecule has 1 aliphatic rings. The first-order chi connectivity index (χ1) is 8.04. The Balaban J connectivity index is 2.42. The zero-order valence-electron chi connectivity index (χ0n) is 10.3. The summed E-state index contributed by atoms with van der Waals surface area (Å²) in [5.74, 6) is 0.00682. The molecular weight excluding hydrogens is 218 g/mol. The van der Waals surface area contributed by atoms with Crippen LogP contribution in [-0.4, -0.2) is 30.3 Å². The first-order valence-corrected chi connectivity index (χ1v) is 5.72. The Morgan fingerprint density at radius 3 is 2.76 bits per heavy atom. The molecule has 1 aliphatic heterocycles. The smallest absolute Gasteiger partial charge is 0.326 e. The molecule has 2 rings (SSSR count). The fourth-order valence-corrected chi connectivity index (χ4v) is 2.42. The number of rotatable bonds is 3. The molecule has 4 nitrogen and oxygen atoms in total. The van der Waals surface area contributed by atoms with Crippen LogP contribution in [0, 0.1) is 0 Å². The maximum Gasteiger partial charge on any atom is 0.326 e. The predicted octanol–water partition coefficient (Wildman–Crippen LogP) is 1.92. The van der Waals surface area contributed by atoms with Crippen molar-refractivity contribution in [1.29, 1.82) is 0 Å². The van der Waals surface area contributed by atoms with Crippen molar-refractivity contribution in [2.24, 2.45) is 0 Å². The van der Waals surface area contributed by atoms with Crippen molar-refractivity contribution >= 4 is 11.7 Å². The summed E-state index contributed by atoms with van der Waals surface area (Å²) < 4.78 is 5.16. The van der Waals surface area contributed by atoms with Crippen molar-refractivity contribution in [3.63, 3.8) is 0 Å². The van der Waals surface area contributed by atoms with Gasteiger partial charge in [0.15, 0.2) is 0 Å². The van der Waals surface area contributed by atoms with Crippen LogP contribution in [0.5, 0.6) is 5.75 Å². The lowest BCUT2D eigenvalue weighted by molar-refractivity contribution is -0.138. The zero-order valence-corrected chi connectivity index (χ0v) is 10.3. The number of ether oxygens (including phenoxy) is 1. The standard InChI is InChI=1S/C13H17NO3/c1-8(2)14-11-5-4-10(17-3)6-9(11)7-12(14)13(15)16/h4-6,8,12H,7H2,1-3H3,(H,15,16). The third kappa shape index (κ3) is 1.95. The average molecular weight is 235 g/mol. The molecule has 17 heavy (non-hydrogen) atoms. The SMILES string of the molecule is COc1ccc2c(c1)CC(C(=O)O)N2C(C)C. The summed E-state index contributed by atoms with van der Waals surface area (Å²) in [4.78, 5) is 13.2. The van der Waals surface area contributed by atoms with Crippen molar-refractivity contribution in [2.45, 2.75) is 32.4 Å². The van der Waals surface area contributed by atoms with E-state index >= 15 is 0 Å². The van der Waals surface area contributed by atoms with E-state index in [-0.39, 0.29) is 6.04 Å². The summed E-state index contributed by atoms with van der Waals surface area (Å²) in [5, 5.41) is 9.26. The van der Waals surface area contributed by atoms with Gasteiger partial charge in [0.1, 0.15) is 11.8 Å². The Morgan fingerprint density at radius 1 is 1.53 bits per heavy atom. The van der Waals surface area contributed by atoms with E-state index in [1.54, 1.807) is 7.11 Å². The van der Waals surface area contributed by atoms with E-state index in [4.69, 9.17) is 4.74 Å². The van der Waals surface area contributed by atoms with E-state index in [1.807, 2.05) is 36.9 Å². The van der Waals surface area contributed by atoms with E-state index in [9.17, 15) is 9.90 Å².